The van der Waals surface area contributed by atoms with Crippen LogP contribution in [0.2, 0.25) is 5.02 Å². The van der Waals surface area contributed by atoms with Gasteiger partial charge >= 0.3 is 0 Å². The maximum Gasteiger partial charge on any atom is 0.0409 e. The van der Waals surface area contributed by atoms with Gasteiger partial charge in [-0.1, -0.05) is 37.6 Å². The van der Waals surface area contributed by atoms with Gasteiger partial charge in [0, 0.05) is 11.1 Å². The molecule has 1 aromatic carbocycles. The zero-order chi connectivity index (χ0) is 14.6. The number of rotatable bonds is 4. The van der Waals surface area contributed by atoms with Crippen LogP contribution in [-0.2, 0) is 0 Å². The van der Waals surface area contributed by atoms with Crippen molar-refractivity contribution in [3.8, 4) is 0 Å². The number of benzene rings is 1. The van der Waals surface area contributed by atoms with Crippen molar-refractivity contribution in [2.75, 3.05) is 19.6 Å². The molecular formula is C17H27ClN2. The summed E-state index contributed by atoms with van der Waals surface area (Å²) in [4.78, 5) is 2.57. The molecule has 0 aliphatic carbocycles. The fourth-order valence-corrected chi connectivity index (χ4v) is 3.13. The molecule has 0 bridgehead atoms. The lowest BCUT2D eigenvalue weighted by Crippen LogP contribution is -2.29. The Morgan fingerprint density at radius 1 is 1.30 bits per heavy atom. The van der Waals surface area contributed by atoms with Crippen molar-refractivity contribution in [3.63, 3.8) is 0 Å². The lowest BCUT2D eigenvalue weighted by molar-refractivity contribution is 0.254. The highest BCUT2D eigenvalue weighted by atomic mass is 35.5. The SMILES string of the molecule is CC1(C)CCCN(CCC(N)c2cccc(Cl)c2)CC1. The van der Waals surface area contributed by atoms with E-state index in [0.29, 0.717) is 5.41 Å². The van der Waals surface area contributed by atoms with Gasteiger partial charge in [0.05, 0.1) is 0 Å². The molecule has 1 unspecified atom stereocenters. The number of halogens is 1. The maximum absolute atomic E-state index is 6.29. The lowest BCUT2D eigenvalue weighted by Gasteiger charge is -2.24. The quantitative estimate of drug-likeness (QED) is 0.900. The van der Waals surface area contributed by atoms with Gasteiger partial charge < -0.3 is 10.6 Å². The Balaban J connectivity index is 1.83. The van der Waals surface area contributed by atoms with Gasteiger partial charge in [-0.25, -0.2) is 0 Å². The maximum atomic E-state index is 6.29. The van der Waals surface area contributed by atoms with Crippen LogP contribution in [0.15, 0.2) is 24.3 Å². The first kappa shape index (κ1) is 15.8. The Bertz CT molecular complexity index is 431. The Morgan fingerprint density at radius 2 is 2.10 bits per heavy atom. The summed E-state index contributed by atoms with van der Waals surface area (Å²) in [6.07, 6.45) is 4.93. The third kappa shape index (κ3) is 4.76. The van der Waals surface area contributed by atoms with Gasteiger partial charge in [-0.3, -0.25) is 0 Å². The van der Waals surface area contributed by atoms with E-state index >= 15 is 0 Å². The first-order chi connectivity index (χ1) is 9.46. The molecule has 1 saturated heterocycles. The Morgan fingerprint density at radius 3 is 2.85 bits per heavy atom. The second kappa shape index (κ2) is 6.93. The predicted molar refractivity (Wildman–Crippen MR) is 87.1 cm³/mol. The standard InChI is InChI=1S/C17H27ClN2/c1-17(2)8-4-10-20(12-9-17)11-7-16(19)14-5-3-6-15(18)13-14/h3,5-6,13,16H,4,7-12,19H2,1-2H3. The summed E-state index contributed by atoms with van der Waals surface area (Å²) in [6.45, 7) is 8.27. The molecule has 1 aliphatic heterocycles. The molecule has 1 heterocycles. The minimum atomic E-state index is 0.0879. The Hall–Kier alpha value is -0.570. The molecule has 2 N–H and O–H groups in total. The molecule has 0 amide bonds. The van der Waals surface area contributed by atoms with Gasteiger partial charge in [0.25, 0.3) is 0 Å². The van der Waals surface area contributed by atoms with Gasteiger partial charge in [-0.2, -0.15) is 0 Å². The molecule has 1 aromatic rings. The zero-order valence-corrected chi connectivity index (χ0v) is 13.5. The molecule has 1 atom stereocenters. The van der Waals surface area contributed by atoms with Gasteiger partial charge in [0.15, 0.2) is 0 Å². The third-order valence-corrected chi connectivity index (χ3v) is 4.70. The molecule has 3 heteroatoms. The highest BCUT2D eigenvalue weighted by molar-refractivity contribution is 6.30. The van der Waals surface area contributed by atoms with Crippen LogP contribution in [-0.4, -0.2) is 24.5 Å². The zero-order valence-electron chi connectivity index (χ0n) is 12.7. The van der Waals surface area contributed by atoms with E-state index in [9.17, 15) is 0 Å². The van der Waals surface area contributed by atoms with Crippen LogP contribution in [0.3, 0.4) is 0 Å². The van der Waals surface area contributed by atoms with E-state index in [1.54, 1.807) is 0 Å². The molecule has 0 radical (unpaired) electrons. The summed E-state index contributed by atoms with van der Waals surface area (Å²) >= 11 is 6.02. The van der Waals surface area contributed by atoms with E-state index in [1.165, 1.54) is 32.4 Å². The topological polar surface area (TPSA) is 29.3 Å². The van der Waals surface area contributed by atoms with Crippen LogP contribution in [0.1, 0.15) is 51.1 Å². The highest BCUT2D eigenvalue weighted by Crippen LogP contribution is 2.30. The number of hydrogen-bond acceptors (Lipinski definition) is 2. The molecule has 1 fully saturated rings. The molecule has 2 nitrogen and oxygen atoms in total. The summed E-state index contributed by atoms with van der Waals surface area (Å²) < 4.78 is 0. The predicted octanol–water partition coefficient (Wildman–Crippen LogP) is 4.24. The van der Waals surface area contributed by atoms with Crippen molar-refractivity contribution in [2.45, 2.75) is 45.6 Å². The van der Waals surface area contributed by atoms with Crippen molar-refractivity contribution < 1.29 is 0 Å². The van der Waals surface area contributed by atoms with Crippen LogP contribution < -0.4 is 5.73 Å². The van der Waals surface area contributed by atoms with Crippen LogP contribution in [0.25, 0.3) is 0 Å². The highest BCUT2D eigenvalue weighted by Gasteiger charge is 2.23. The molecular weight excluding hydrogens is 268 g/mol. The minimum absolute atomic E-state index is 0.0879. The lowest BCUT2D eigenvalue weighted by atomic mass is 9.85. The van der Waals surface area contributed by atoms with Crippen LogP contribution in [0.4, 0.5) is 0 Å². The van der Waals surface area contributed by atoms with Gasteiger partial charge in [0.1, 0.15) is 0 Å². The van der Waals surface area contributed by atoms with Crippen molar-refractivity contribution >= 4 is 11.6 Å². The Kier molecular flexibility index (Phi) is 5.48. The average Bonchev–Trinajstić information content (AvgIpc) is 2.57. The van der Waals surface area contributed by atoms with E-state index in [1.807, 2.05) is 18.2 Å². The first-order valence-electron chi connectivity index (χ1n) is 7.70. The monoisotopic (exact) mass is 294 g/mol. The summed E-state index contributed by atoms with van der Waals surface area (Å²) in [5.41, 5.74) is 7.94. The van der Waals surface area contributed by atoms with Crippen molar-refractivity contribution in [2.24, 2.45) is 11.1 Å². The van der Waals surface area contributed by atoms with Gasteiger partial charge in [-0.05, 0) is 68.4 Å². The van der Waals surface area contributed by atoms with E-state index in [0.717, 1.165) is 23.6 Å². The fraction of sp³-hybridized carbons (Fsp3) is 0.647. The molecule has 112 valence electrons. The Labute approximate surface area is 128 Å². The molecule has 0 saturated carbocycles. The first-order valence-corrected chi connectivity index (χ1v) is 8.07. The molecule has 1 aliphatic rings. The van der Waals surface area contributed by atoms with Gasteiger partial charge in [-0.15, -0.1) is 0 Å². The number of nitrogens with two attached hydrogens (primary N) is 1. The van der Waals surface area contributed by atoms with E-state index in [-0.39, 0.29) is 6.04 Å². The molecule has 2 rings (SSSR count). The normalized spacial score (nSPS) is 21.4. The molecule has 20 heavy (non-hydrogen) atoms. The van der Waals surface area contributed by atoms with Crippen LogP contribution >= 0.6 is 11.6 Å². The third-order valence-electron chi connectivity index (χ3n) is 4.47. The molecule has 0 spiro atoms. The summed E-state index contributed by atoms with van der Waals surface area (Å²) in [7, 11) is 0. The average molecular weight is 295 g/mol. The smallest absolute Gasteiger partial charge is 0.0409 e. The minimum Gasteiger partial charge on any atom is -0.324 e. The molecule has 0 aromatic heterocycles. The van der Waals surface area contributed by atoms with E-state index < -0.39 is 0 Å². The van der Waals surface area contributed by atoms with Crippen LogP contribution in [0, 0.1) is 5.41 Å². The number of likely N-dealkylation sites (tertiary alicyclic amines) is 1. The van der Waals surface area contributed by atoms with E-state index in [2.05, 4.69) is 24.8 Å². The van der Waals surface area contributed by atoms with Crippen LogP contribution in [0.5, 0.6) is 0 Å². The summed E-state index contributed by atoms with van der Waals surface area (Å²) in [5, 5.41) is 0.773. The van der Waals surface area contributed by atoms with Gasteiger partial charge in [0.2, 0.25) is 0 Å². The number of nitrogens with zero attached hydrogens (tertiary/aromatic N) is 1. The van der Waals surface area contributed by atoms with E-state index in [4.69, 9.17) is 17.3 Å². The van der Waals surface area contributed by atoms with Crippen molar-refractivity contribution in [1.29, 1.82) is 0 Å². The number of hydrogen-bond donors (Lipinski definition) is 1. The summed E-state index contributed by atoms with van der Waals surface area (Å²) in [5.74, 6) is 0. The largest absolute Gasteiger partial charge is 0.324 e. The van der Waals surface area contributed by atoms with Crippen molar-refractivity contribution in [3.05, 3.63) is 34.9 Å². The second-order valence-corrected chi connectivity index (χ2v) is 7.25. The summed E-state index contributed by atoms with van der Waals surface area (Å²) in [6, 6.07) is 8.02. The fourth-order valence-electron chi connectivity index (χ4n) is 2.93. The van der Waals surface area contributed by atoms with Crippen molar-refractivity contribution in [1.82, 2.24) is 4.90 Å². The second-order valence-electron chi connectivity index (χ2n) is 6.81.